The Morgan fingerprint density at radius 3 is 2.31 bits per heavy atom. The van der Waals surface area contributed by atoms with Crippen LogP contribution in [0, 0.1) is 19.8 Å². The van der Waals surface area contributed by atoms with Crippen LogP contribution < -0.4 is 5.56 Å². The molecule has 1 aliphatic carbocycles. The second-order valence-electron chi connectivity index (χ2n) is 7.87. The summed E-state index contributed by atoms with van der Waals surface area (Å²) >= 11 is 0. The van der Waals surface area contributed by atoms with Crippen LogP contribution in [0.4, 0.5) is 0 Å². The number of H-pyrrole nitrogens is 1. The molecule has 0 unspecified atom stereocenters. The predicted octanol–water partition coefficient (Wildman–Crippen LogP) is 3.79. The number of nitrogens with one attached hydrogen (secondary N) is 1. The fraction of sp³-hybridized carbons (Fsp3) is 0.455. The molecule has 0 bridgehead atoms. The second kappa shape index (κ2) is 7.20. The number of aromatic amines is 1. The SMILES string of the molecule is Cc1cc(C)cc(C(=O)c2c(CC3CC3)c(CO)[nH]c(=O)c2C(C)C)c1. The van der Waals surface area contributed by atoms with Crippen molar-refractivity contribution in [2.75, 3.05) is 0 Å². The first-order valence-electron chi connectivity index (χ1n) is 9.33. The molecule has 1 saturated carbocycles. The summed E-state index contributed by atoms with van der Waals surface area (Å²) < 4.78 is 0. The van der Waals surface area contributed by atoms with E-state index in [9.17, 15) is 14.7 Å². The number of aromatic nitrogens is 1. The Hall–Kier alpha value is -2.20. The summed E-state index contributed by atoms with van der Waals surface area (Å²) in [4.78, 5) is 29.0. The van der Waals surface area contributed by atoms with Crippen LogP contribution in [0.5, 0.6) is 0 Å². The van der Waals surface area contributed by atoms with Gasteiger partial charge in [-0.1, -0.05) is 31.0 Å². The number of hydrogen-bond acceptors (Lipinski definition) is 3. The van der Waals surface area contributed by atoms with Gasteiger partial charge in [0, 0.05) is 22.4 Å². The first kappa shape index (κ1) is 18.6. The molecule has 3 rings (SSSR count). The van der Waals surface area contributed by atoms with Crippen LogP contribution in [0.15, 0.2) is 23.0 Å². The van der Waals surface area contributed by atoms with Gasteiger partial charge in [0.2, 0.25) is 0 Å². The van der Waals surface area contributed by atoms with E-state index in [0.717, 1.165) is 36.0 Å². The highest BCUT2D eigenvalue weighted by molar-refractivity contribution is 6.11. The van der Waals surface area contributed by atoms with Gasteiger partial charge in [-0.2, -0.15) is 0 Å². The number of rotatable bonds is 6. The number of hydrogen-bond donors (Lipinski definition) is 2. The Labute approximate surface area is 154 Å². The van der Waals surface area contributed by atoms with Crippen LogP contribution >= 0.6 is 0 Å². The lowest BCUT2D eigenvalue weighted by molar-refractivity contribution is 0.103. The average molecular weight is 353 g/mol. The van der Waals surface area contributed by atoms with Crippen molar-refractivity contribution in [1.82, 2.24) is 4.98 Å². The minimum atomic E-state index is -0.267. The van der Waals surface area contributed by atoms with E-state index in [2.05, 4.69) is 4.98 Å². The smallest absolute Gasteiger partial charge is 0.252 e. The number of pyridine rings is 1. The average Bonchev–Trinajstić information content (AvgIpc) is 3.37. The highest BCUT2D eigenvalue weighted by Gasteiger charge is 2.30. The maximum Gasteiger partial charge on any atom is 0.252 e. The zero-order valence-corrected chi connectivity index (χ0v) is 16.0. The number of aliphatic hydroxyl groups is 1. The van der Waals surface area contributed by atoms with Gasteiger partial charge in [-0.15, -0.1) is 0 Å². The molecule has 1 heterocycles. The summed E-state index contributed by atoms with van der Waals surface area (Å²) in [6.45, 7) is 7.54. The molecule has 138 valence electrons. The summed E-state index contributed by atoms with van der Waals surface area (Å²) in [7, 11) is 0. The standard InChI is InChI=1S/C22H27NO3/c1-12(2)19-20(21(25)16-8-13(3)7-14(4)9-16)17(10-15-5-6-15)18(11-24)23-22(19)26/h7-9,12,15,24H,5-6,10-11H2,1-4H3,(H,23,26). The quantitative estimate of drug-likeness (QED) is 0.776. The summed E-state index contributed by atoms with van der Waals surface area (Å²) in [6.07, 6.45) is 3.01. The zero-order chi connectivity index (χ0) is 19.0. The first-order chi connectivity index (χ1) is 12.3. The fourth-order valence-electron chi connectivity index (χ4n) is 3.74. The molecule has 2 aromatic rings. The third-order valence-corrected chi connectivity index (χ3v) is 5.08. The normalized spacial score (nSPS) is 14.1. The van der Waals surface area contributed by atoms with Crippen LogP contribution in [0.2, 0.25) is 0 Å². The minimum Gasteiger partial charge on any atom is -0.390 e. The highest BCUT2D eigenvalue weighted by atomic mass is 16.3. The van der Waals surface area contributed by atoms with Crippen LogP contribution in [0.1, 0.15) is 76.5 Å². The van der Waals surface area contributed by atoms with E-state index in [4.69, 9.17) is 0 Å². The largest absolute Gasteiger partial charge is 0.390 e. The third kappa shape index (κ3) is 3.65. The van der Waals surface area contributed by atoms with Crippen LogP contribution in [0.3, 0.4) is 0 Å². The molecule has 0 amide bonds. The van der Waals surface area contributed by atoms with E-state index < -0.39 is 0 Å². The van der Waals surface area contributed by atoms with Crippen molar-refractivity contribution < 1.29 is 9.90 Å². The predicted molar refractivity (Wildman–Crippen MR) is 103 cm³/mol. The Morgan fingerprint density at radius 2 is 1.81 bits per heavy atom. The molecule has 1 aromatic heterocycles. The molecule has 1 aliphatic rings. The first-order valence-corrected chi connectivity index (χ1v) is 9.33. The Bertz CT molecular complexity index is 884. The van der Waals surface area contributed by atoms with Gasteiger partial charge in [-0.3, -0.25) is 9.59 Å². The third-order valence-electron chi connectivity index (χ3n) is 5.08. The van der Waals surface area contributed by atoms with Gasteiger partial charge in [0.1, 0.15) is 0 Å². The van der Waals surface area contributed by atoms with E-state index in [1.54, 1.807) is 0 Å². The van der Waals surface area contributed by atoms with Gasteiger partial charge in [-0.05, 0) is 62.6 Å². The second-order valence-corrected chi connectivity index (χ2v) is 7.87. The van der Waals surface area contributed by atoms with Crippen molar-refractivity contribution in [1.29, 1.82) is 0 Å². The summed E-state index contributed by atoms with van der Waals surface area (Å²) in [5, 5.41) is 9.79. The maximum atomic E-state index is 13.5. The van der Waals surface area contributed by atoms with E-state index >= 15 is 0 Å². The molecule has 0 saturated heterocycles. The van der Waals surface area contributed by atoms with Gasteiger partial charge < -0.3 is 10.1 Å². The topological polar surface area (TPSA) is 70.2 Å². The molecule has 4 nitrogen and oxygen atoms in total. The summed E-state index contributed by atoms with van der Waals surface area (Å²) in [5.74, 6) is 0.350. The lowest BCUT2D eigenvalue weighted by atomic mass is 9.86. The van der Waals surface area contributed by atoms with Crippen molar-refractivity contribution in [2.45, 2.75) is 59.5 Å². The number of aliphatic hydroxyl groups excluding tert-OH is 1. The number of ketones is 1. The van der Waals surface area contributed by atoms with Gasteiger partial charge >= 0.3 is 0 Å². The lowest BCUT2D eigenvalue weighted by Gasteiger charge is -2.19. The molecule has 0 aliphatic heterocycles. The van der Waals surface area contributed by atoms with Crippen LogP contribution in [0.25, 0.3) is 0 Å². The van der Waals surface area contributed by atoms with E-state index in [-0.39, 0.29) is 23.9 Å². The van der Waals surface area contributed by atoms with Gasteiger partial charge in [-0.25, -0.2) is 0 Å². The molecule has 0 radical (unpaired) electrons. The molecule has 26 heavy (non-hydrogen) atoms. The summed E-state index contributed by atoms with van der Waals surface area (Å²) in [6, 6.07) is 5.78. The van der Waals surface area contributed by atoms with Crippen molar-refractivity contribution >= 4 is 5.78 Å². The fourth-order valence-corrected chi connectivity index (χ4v) is 3.74. The molecule has 1 fully saturated rings. The highest BCUT2D eigenvalue weighted by Crippen LogP contribution is 2.36. The molecular weight excluding hydrogens is 326 g/mol. The van der Waals surface area contributed by atoms with Crippen LogP contribution in [-0.2, 0) is 13.0 Å². The molecule has 4 heteroatoms. The number of benzene rings is 1. The molecular formula is C22H27NO3. The van der Waals surface area contributed by atoms with Crippen LogP contribution in [-0.4, -0.2) is 15.9 Å². The lowest BCUT2D eigenvalue weighted by Crippen LogP contribution is -2.25. The maximum absolute atomic E-state index is 13.5. The molecule has 2 N–H and O–H groups in total. The number of aryl methyl sites for hydroxylation is 2. The number of carbonyl (C=O) groups excluding carboxylic acids is 1. The Balaban J connectivity index is 2.26. The monoisotopic (exact) mass is 353 g/mol. The van der Waals surface area contributed by atoms with E-state index in [0.29, 0.717) is 28.3 Å². The van der Waals surface area contributed by atoms with E-state index in [1.807, 2.05) is 45.9 Å². The Kier molecular flexibility index (Phi) is 5.15. The molecule has 1 aromatic carbocycles. The Morgan fingerprint density at radius 1 is 1.19 bits per heavy atom. The molecule has 0 spiro atoms. The summed E-state index contributed by atoms with van der Waals surface area (Å²) in [5.41, 5.74) is 4.73. The number of carbonyl (C=O) groups is 1. The molecule has 0 atom stereocenters. The van der Waals surface area contributed by atoms with Crippen molar-refractivity contribution in [2.24, 2.45) is 5.92 Å². The van der Waals surface area contributed by atoms with Gasteiger partial charge in [0.25, 0.3) is 5.56 Å². The van der Waals surface area contributed by atoms with Gasteiger partial charge in [0.15, 0.2) is 5.78 Å². The van der Waals surface area contributed by atoms with Crippen molar-refractivity contribution in [3.05, 3.63) is 67.6 Å². The zero-order valence-electron chi connectivity index (χ0n) is 16.0. The van der Waals surface area contributed by atoms with E-state index in [1.165, 1.54) is 0 Å². The van der Waals surface area contributed by atoms with Crippen molar-refractivity contribution in [3.8, 4) is 0 Å². The van der Waals surface area contributed by atoms with Crippen molar-refractivity contribution in [3.63, 3.8) is 0 Å². The minimum absolute atomic E-state index is 0.0747. The van der Waals surface area contributed by atoms with Gasteiger partial charge in [0.05, 0.1) is 6.61 Å².